The third-order valence-electron chi connectivity index (χ3n) is 4.52. The number of aromatic nitrogens is 1. The lowest BCUT2D eigenvalue weighted by Crippen LogP contribution is -2.46. The van der Waals surface area contributed by atoms with Crippen LogP contribution in [-0.2, 0) is 9.53 Å². The number of likely N-dealkylation sites (tertiary alicyclic amines) is 1. The summed E-state index contributed by atoms with van der Waals surface area (Å²) in [6.07, 6.45) is 2.27. The zero-order valence-corrected chi connectivity index (χ0v) is 17.8. The first kappa shape index (κ1) is 21.0. The molecule has 1 atom stereocenters. The van der Waals surface area contributed by atoms with Gasteiger partial charge in [-0.2, -0.15) is 5.10 Å². The van der Waals surface area contributed by atoms with Crippen LogP contribution in [0, 0.1) is 6.92 Å². The molecular weight excluding hydrogens is 392 g/mol. The van der Waals surface area contributed by atoms with Gasteiger partial charge in [0.15, 0.2) is 0 Å². The molecule has 1 fully saturated rings. The van der Waals surface area contributed by atoms with Crippen molar-refractivity contribution in [2.24, 2.45) is 5.10 Å². The predicted octanol–water partition coefficient (Wildman–Crippen LogP) is 4.05. The number of nitrogens with one attached hydrogen (secondary N) is 1. The summed E-state index contributed by atoms with van der Waals surface area (Å²) in [6, 6.07) is 7.17. The van der Waals surface area contributed by atoms with Gasteiger partial charge in [-0.15, -0.1) is 0 Å². The number of aryl methyl sites for hydroxylation is 1. The second kappa shape index (κ2) is 8.37. The van der Waals surface area contributed by atoms with Gasteiger partial charge in [-0.25, -0.2) is 15.2 Å². The molecule has 0 saturated carbocycles. The van der Waals surface area contributed by atoms with Gasteiger partial charge < -0.3 is 4.74 Å². The molecule has 0 aliphatic carbocycles. The Kier molecular flexibility index (Phi) is 6.07. The zero-order valence-electron chi connectivity index (χ0n) is 17.0. The van der Waals surface area contributed by atoms with Crippen molar-refractivity contribution in [2.45, 2.75) is 52.2 Å². The van der Waals surface area contributed by atoms with Gasteiger partial charge in [0, 0.05) is 17.5 Å². The van der Waals surface area contributed by atoms with Crippen molar-refractivity contribution >= 4 is 40.7 Å². The first-order valence-corrected chi connectivity index (χ1v) is 9.91. The van der Waals surface area contributed by atoms with E-state index < -0.39 is 17.7 Å². The van der Waals surface area contributed by atoms with Crippen LogP contribution in [0.15, 0.2) is 29.4 Å². The average molecular weight is 417 g/mol. The quantitative estimate of drug-likeness (QED) is 0.464. The van der Waals surface area contributed by atoms with E-state index in [9.17, 15) is 9.59 Å². The number of benzene rings is 1. The van der Waals surface area contributed by atoms with Crippen molar-refractivity contribution < 1.29 is 14.3 Å². The van der Waals surface area contributed by atoms with E-state index in [1.165, 1.54) is 11.1 Å². The molecule has 0 radical (unpaired) electrons. The van der Waals surface area contributed by atoms with E-state index in [-0.39, 0.29) is 5.91 Å². The van der Waals surface area contributed by atoms with Crippen LogP contribution in [0.4, 0.5) is 4.79 Å². The predicted molar refractivity (Wildman–Crippen MR) is 113 cm³/mol. The molecule has 1 N–H and O–H groups in total. The SMILES string of the molecule is Cc1ccc2cc(C=NNC(=O)C3CCCN3C(=O)OC(C)(C)C)c(Cl)nc2c1. The fourth-order valence-corrected chi connectivity index (χ4v) is 3.37. The normalized spacial score (nSPS) is 17.1. The van der Waals surface area contributed by atoms with Crippen LogP contribution < -0.4 is 5.43 Å². The van der Waals surface area contributed by atoms with Crippen LogP contribution in [0.2, 0.25) is 5.15 Å². The van der Waals surface area contributed by atoms with Gasteiger partial charge in [0.05, 0.1) is 11.7 Å². The van der Waals surface area contributed by atoms with Crippen molar-refractivity contribution in [3.05, 3.63) is 40.5 Å². The van der Waals surface area contributed by atoms with Crippen molar-refractivity contribution in [1.29, 1.82) is 0 Å². The van der Waals surface area contributed by atoms with E-state index in [1.54, 1.807) is 20.8 Å². The number of hydrogen-bond acceptors (Lipinski definition) is 5. The van der Waals surface area contributed by atoms with Gasteiger partial charge in [0.1, 0.15) is 16.8 Å². The van der Waals surface area contributed by atoms with E-state index in [0.717, 1.165) is 22.9 Å². The number of nitrogens with zero attached hydrogens (tertiary/aromatic N) is 3. The molecule has 1 saturated heterocycles. The van der Waals surface area contributed by atoms with E-state index in [0.29, 0.717) is 23.7 Å². The number of fused-ring (bicyclic) bond motifs is 1. The van der Waals surface area contributed by atoms with E-state index in [2.05, 4.69) is 15.5 Å². The summed E-state index contributed by atoms with van der Waals surface area (Å²) in [5.74, 6) is -0.356. The third-order valence-corrected chi connectivity index (χ3v) is 4.82. The molecule has 1 aliphatic rings. The lowest BCUT2D eigenvalue weighted by atomic mass is 10.1. The van der Waals surface area contributed by atoms with Crippen molar-refractivity contribution in [3.8, 4) is 0 Å². The zero-order chi connectivity index (χ0) is 21.2. The maximum Gasteiger partial charge on any atom is 0.410 e. The number of pyridine rings is 1. The topological polar surface area (TPSA) is 83.9 Å². The van der Waals surface area contributed by atoms with Crippen LogP contribution in [0.1, 0.15) is 44.7 Å². The maximum atomic E-state index is 12.5. The second-order valence-corrected chi connectivity index (χ2v) is 8.49. The monoisotopic (exact) mass is 416 g/mol. The van der Waals surface area contributed by atoms with Gasteiger partial charge in [-0.05, 0) is 58.2 Å². The summed E-state index contributed by atoms with van der Waals surface area (Å²) in [7, 11) is 0. The summed E-state index contributed by atoms with van der Waals surface area (Å²) in [5, 5.41) is 5.25. The molecule has 8 heteroatoms. The van der Waals surface area contributed by atoms with Crippen LogP contribution in [0.5, 0.6) is 0 Å². The number of rotatable bonds is 3. The molecule has 154 valence electrons. The van der Waals surface area contributed by atoms with Crippen LogP contribution >= 0.6 is 11.6 Å². The number of amides is 2. The Morgan fingerprint density at radius 3 is 2.83 bits per heavy atom. The summed E-state index contributed by atoms with van der Waals surface area (Å²) in [6.45, 7) is 7.86. The Labute approximate surface area is 175 Å². The maximum absolute atomic E-state index is 12.5. The fraction of sp³-hybridized carbons (Fsp3) is 0.429. The van der Waals surface area contributed by atoms with Crippen LogP contribution in [0.3, 0.4) is 0 Å². The Hall–Kier alpha value is -2.67. The molecule has 3 rings (SSSR count). The molecule has 0 spiro atoms. The van der Waals surface area contributed by atoms with Crippen molar-refractivity contribution in [3.63, 3.8) is 0 Å². The van der Waals surface area contributed by atoms with Crippen molar-refractivity contribution in [2.75, 3.05) is 6.54 Å². The number of ether oxygens (including phenoxy) is 1. The van der Waals surface area contributed by atoms with E-state index >= 15 is 0 Å². The highest BCUT2D eigenvalue weighted by Gasteiger charge is 2.36. The van der Waals surface area contributed by atoms with Gasteiger partial charge in [-0.1, -0.05) is 23.7 Å². The highest BCUT2D eigenvalue weighted by atomic mass is 35.5. The van der Waals surface area contributed by atoms with Gasteiger partial charge >= 0.3 is 6.09 Å². The lowest BCUT2D eigenvalue weighted by molar-refractivity contribution is -0.125. The summed E-state index contributed by atoms with van der Waals surface area (Å²) >= 11 is 6.24. The van der Waals surface area contributed by atoms with Crippen LogP contribution in [-0.4, -0.2) is 46.3 Å². The molecule has 1 unspecified atom stereocenters. The Morgan fingerprint density at radius 1 is 1.34 bits per heavy atom. The summed E-state index contributed by atoms with van der Waals surface area (Å²) < 4.78 is 5.38. The Bertz CT molecular complexity index is 968. The molecular formula is C21H25ClN4O3. The first-order valence-electron chi connectivity index (χ1n) is 9.53. The molecule has 2 amide bonds. The first-order chi connectivity index (χ1) is 13.6. The largest absolute Gasteiger partial charge is 0.444 e. The average Bonchev–Trinajstić information content (AvgIpc) is 3.11. The molecule has 0 bridgehead atoms. The Morgan fingerprint density at radius 2 is 2.10 bits per heavy atom. The molecule has 1 aromatic heterocycles. The summed E-state index contributed by atoms with van der Waals surface area (Å²) in [5.41, 5.74) is 4.38. The molecule has 1 aromatic carbocycles. The van der Waals surface area contributed by atoms with Gasteiger partial charge in [0.2, 0.25) is 0 Å². The lowest BCUT2D eigenvalue weighted by Gasteiger charge is -2.27. The van der Waals surface area contributed by atoms with Gasteiger partial charge in [0.25, 0.3) is 5.91 Å². The molecule has 2 heterocycles. The number of halogens is 1. The van der Waals surface area contributed by atoms with E-state index in [4.69, 9.17) is 16.3 Å². The number of carbonyl (C=O) groups is 2. The van der Waals surface area contributed by atoms with E-state index in [1.807, 2.05) is 31.2 Å². The highest BCUT2D eigenvalue weighted by Crippen LogP contribution is 2.22. The molecule has 1 aliphatic heterocycles. The molecule has 29 heavy (non-hydrogen) atoms. The smallest absolute Gasteiger partial charge is 0.410 e. The minimum absolute atomic E-state index is 0.303. The molecule has 2 aromatic rings. The van der Waals surface area contributed by atoms with Crippen LogP contribution in [0.25, 0.3) is 10.9 Å². The summed E-state index contributed by atoms with van der Waals surface area (Å²) in [4.78, 5) is 30.7. The van der Waals surface area contributed by atoms with Gasteiger partial charge in [-0.3, -0.25) is 9.69 Å². The second-order valence-electron chi connectivity index (χ2n) is 8.13. The van der Waals surface area contributed by atoms with Crippen molar-refractivity contribution in [1.82, 2.24) is 15.3 Å². The third kappa shape index (κ3) is 5.23. The number of hydrazone groups is 1. The standard InChI is InChI=1S/C21H25ClN4O3/c1-13-7-8-14-11-15(18(22)24-16(14)10-13)12-23-25-19(27)17-6-5-9-26(17)20(28)29-21(2,3)4/h7-8,10-12,17H,5-6,9H2,1-4H3,(H,25,27). The highest BCUT2D eigenvalue weighted by molar-refractivity contribution is 6.32. The number of hydrogen-bond donors (Lipinski definition) is 1. The molecule has 7 nitrogen and oxygen atoms in total. The fourth-order valence-electron chi connectivity index (χ4n) is 3.18. The minimum Gasteiger partial charge on any atom is -0.444 e. The number of carbonyl (C=O) groups excluding carboxylic acids is 2. The minimum atomic E-state index is -0.614. The Balaban J connectivity index is 1.67.